The van der Waals surface area contributed by atoms with Gasteiger partial charge in [0.2, 0.25) is 5.91 Å². The summed E-state index contributed by atoms with van der Waals surface area (Å²) >= 11 is 0. The van der Waals surface area contributed by atoms with E-state index >= 15 is 0 Å². The molecule has 5 atom stereocenters. The van der Waals surface area contributed by atoms with Crippen LogP contribution in [0.1, 0.15) is 64.7 Å². The fourth-order valence-corrected chi connectivity index (χ4v) is 6.64. The van der Waals surface area contributed by atoms with Gasteiger partial charge in [0.05, 0.1) is 12.6 Å². The van der Waals surface area contributed by atoms with E-state index in [1.807, 2.05) is 0 Å². The molecule has 1 heterocycles. The number of carbonyl (C=O) groups is 1. The van der Waals surface area contributed by atoms with Gasteiger partial charge in [-0.1, -0.05) is 13.3 Å². The molecule has 5 aliphatic rings. The van der Waals surface area contributed by atoms with Gasteiger partial charge in [-0.15, -0.1) is 0 Å². The van der Waals surface area contributed by atoms with Crippen molar-refractivity contribution >= 4 is 5.91 Å². The Morgan fingerprint density at radius 2 is 2.04 bits per heavy atom. The van der Waals surface area contributed by atoms with E-state index in [1.165, 1.54) is 44.9 Å². The number of nitrogens with zero attached hydrogens (tertiary/aromatic N) is 2. The molecule has 1 aliphatic heterocycles. The number of nitrogens with one attached hydrogen (secondary N) is 1. The highest BCUT2D eigenvalue weighted by Crippen LogP contribution is 2.62. The van der Waals surface area contributed by atoms with Crippen molar-refractivity contribution in [2.24, 2.45) is 17.3 Å². The molecule has 0 radical (unpaired) electrons. The molecule has 0 aromatic carbocycles. The third-order valence-corrected chi connectivity index (χ3v) is 7.27. The Kier molecular flexibility index (Phi) is 3.68. The summed E-state index contributed by atoms with van der Waals surface area (Å²) in [4.78, 5) is 14.4. The van der Waals surface area contributed by atoms with Gasteiger partial charge in [0.1, 0.15) is 6.04 Å². The van der Waals surface area contributed by atoms with Crippen molar-refractivity contribution in [3.05, 3.63) is 0 Å². The Balaban J connectivity index is 1.43. The number of likely N-dealkylation sites (tertiary alicyclic amines) is 1. The normalized spacial score (nSPS) is 44.5. The van der Waals surface area contributed by atoms with Crippen LogP contribution in [-0.2, 0) is 4.79 Å². The number of amides is 1. The highest BCUT2D eigenvalue weighted by Gasteiger charge is 2.56. The van der Waals surface area contributed by atoms with Gasteiger partial charge in [-0.2, -0.15) is 5.26 Å². The number of nitriles is 1. The van der Waals surface area contributed by atoms with Gasteiger partial charge >= 0.3 is 0 Å². The van der Waals surface area contributed by atoms with E-state index in [9.17, 15) is 10.1 Å². The molecule has 4 nitrogen and oxygen atoms in total. The van der Waals surface area contributed by atoms with Crippen LogP contribution in [0.25, 0.3) is 0 Å². The summed E-state index contributed by atoms with van der Waals surface area (Å²) in [6.07, 6.45) is 11.1. The molecule has 5 fully saturated rings. The third kappa shape index (κ3) is 2.58. The molecule has 4 saturated carbocycles. The van der Waals surface area contributed by atoms with Crippen molar-refractivity contribution in [2.75, 3.05) is 13.1 Å². The second-order valence-corrected chi connectivity index (χ2v) is 8.82. The van der Waals surface area contributed by atoms with Crippen molar-refractivity contribution < 1.29 is 4.79 Å². The molecule has 0 spiro atoms. The Hall–Kier alpha value is -1.08. The maximum absolute atomic E-state index is 12.6. The lowest BCUT2D eigenvalue weighted by molar-refractivity contribution is -0.132. The maximum atomic E-state index is 12.6. The molecule has 1 amide bonds. The van der Waals surface area contributed by atoms with Gasteiger partial charge in [-0.25, -0.2) is 0 Å². The molecule has 126 valence electrons. The Labute approximate surface area is 139 Å². The first kappa shape index (κ1) is 15.4. The van der Waals surface area contributed by atoms with E-state index in [2.05, 4.69) is 18.3 Å². The first-order valence-corrected chi connectivity index (χ1v) is 9.51. The predicted octanol–water partition coefficient (Wildman–Crippen LogP) is 2.84. The summed E-state index contributed by atoms with van der Waals surface area (Å²) in [7, 11) is 0. The zero-order chi connectivity index (χ0) is 16.1. The van der Waals surface area contributed by atoms with Crippen LogP contribution in [0, 0.1) is 28.6 Å². The number of carbonyl (C=O) groups excluding carboxylic acids is 1. The van der Waals surface area contributed by atoms with Crippen LogP contribution >= 0.6 is 0 Å². The van der Waals surface area contributed by atoms with Crippen molar-refractivity contribution in [3.63, 3.8) is 0 Å². The van der Waals surface area contributed by atoms with E-state index in [4.69, 9.17) is 0 Å². The van der Waals surface area contributed by atoms with Gasteiger partial charge in [0, 0.05) is 12.1 Å². The quantitative estimate of drug-likeness (QED) is 0.868. The average molecular weight is 315 g/mol. The lowest BCUT2D eigenvalue weighted by atomic mass is 9.46. The molecule has 0 aromatic rings. The van der Waals surface area contributed by atoms with Crippen LogP contribution in [0.5, 0.6) is 0 Å². The van der Waals surface area contributed by atoms with Crippen LogP contribution in [0.15, 0.2) is 0 Å². The van der Waals surface area contributed by atoms with Gasteiger partial charge in [-0.3, -0.25) is 4.79 Å². The Morgan fingerprint density at radius 3 is 2.70 bits per heavy atom. The minimum Gasteiger partial charge on any atom is -0.326 e. The minimum absolute atomic E-state index is 0.135. The molecule has 23 heavy (non-hydrogen) atoms. The van der Waals surface area contributed by atoms with Crippen LogP contribution < -0.4 is 5.32 Å². The van der Waals surface area contributed by atoms with Crippen molar-refractivity contribution in [1.82, 2.24) is 10.2 Å². The molecule has 2 unspecified atom stereocenters. The summed E-state index contributed by atoms with van der Waals surface area (Å²) in [6, 6.07) is 2.09. The predicted molar refractivity (Wildman–Crippen MR) is 88.5 cm³/mol. The van der Waals surface area contributed by atoms with E-state index in [-0.39, 0.29) is 17.5 Å². The topological polar surface area (TPSA) is 56.1 Å². The molecule has 0 aromatic heterocycles. The van der Waals surface area contributed by atoms with E-state index in [0.717, 1.165) is 31.2 Å². The lowest BCUT2D eigenvalue weighted by Gasteiger charge is -2.62. The Bertz CT molecular complexity index is 523. The highest BCUT2D eigenvalue weighted by atomic mass is 16.2. The minimum atomic E-state index is -0.192. The van der Waals surface area contributed by atoms with E-state index in [0.29, 0.717) is 12.0 Å². The fourth-order valence-electron chi connectivity index (χ4n) is 6.64. The monoisotopic (exact) mass is 315 g/mol. The smallest absolute Gasteiger partial charge is 0.237 e. The van der Waals surface area contributed by atoms with Crippen LogP contribution in [-0.4, -0.2) is 35.5 Å². The van der Waals surface area contributed by atoms with Gasteiger partial charge < -0.3 is 10.2 Å². The molecule has 1 saturated heterocycles. The molecular formula is C19H29N3O. The van der Waals surface area contributed by atoms with Crippen molar-refractivity contribution in [3.8, 4) is 6.07 Å². The van der Waals surface area contributed by atoms with E-state index < -0.39 is 0 Å². The summed E-state index contributed by atoms with van der Waals surface area (Å²) in [5.41, 5.74) is 0.751. The molecular weight excluding hydrogens is 286 g/mol. The number of hydrogen-bond donors (Lipinski definition) is 1. The van der Waals surface area contributed by atoms with Gasteiger partial charge in [-0.05, 0) is 68.6 Å². The van der Waals surface area contributed by atoms with E-state index in [1.54, 1.807) is 4.90 Å². The zero-order valence-electron chi connectivity index (χ0n) is 14.3. The number of rotatable bonds is 4. The van der Waals surface area contributed by atoms with Crippen molar-refractivity contribution in [1.29, 1.82) is 5.26 Å². The highest BCUT2D eigenvalue weighted by molar-refractivity contribution is 5.79. The Morgan fingerprint density at radius 1 is 1.30 bits per heavy atom. The third-order valence-electron chi connectivity index (χ3n) is 7.27. The molecule has 4 aliphatic carbocycles. The zero-order valence-corrected chi connectivity index (χ0v) is 14.3. The van der Waals surface area contributed by atoms with Crippen LogP contribution in [0.3, 0.4) is 0 Å². The standard InChI is InChI=1S/C19H29N3O/c1-2-18-7-14-6-15(8-18)10-19(9-14,13-18)21-12-17(23)22-5-3-4-16(22)11-20/h14-16,21H,2-10,12-13H2,1H3/t14-,15+,16-,18?,19?/m0/s1. The molecule has 1 N–H and O–H groups in total. The summed E-state index contributed by atoms with van der Waals surface area (Å²) in [6.45, 7) is 3.54. The average Bonchev–Trinajstić information content (AvgIpc) is 3.00. The first-order valence-electron chi connectivity index (χ1n) is 9.51. The summed E-state index contributed by atoms with van der Waals surface area (Å²) < 4.78 is 0. The largest absolute Gasteiger partial charge is 0.326 e. The van der Waals surface area contributed by atoms with Gasteiger partial charge in [0.15, 0.2) is 0 Å². The SMILES string of the molecule is CCC12C[C@H]3C[C@@H](C1)CC(NCC(=O)N1CCC[C@H]1C#N)(C3)C2. The lowest BCUT2D eigenvalue weighted by Crippen LogP contribution is -2.63. The number of hydrogen-bond acceptors (Lipinski definition) is 3. The molecule has 4 heteroatoms. The maximum Gasteiger partial charge on any atom is 0.237 e. The second-order valence-electron chi connectivity index (χ2n) is 8.82. The van der Waals surface area contributed by atoms with Crippen LogP contribution in [0.2, 0.25) is 0 Å². The summed E-state index contributed by atoms with van der Waals surface area (Å²) in [5.74, 6) is 1.88. The molecule has 4 bridgehead atoms. The second kappa shape index (κ2) is 5.48. The van der Waals surface area contributed by atoms with Gasteiger partial charge in [0.25, 0.3) is 0 Å². The first-order chi connectivity index (χ1) is 11.1. The van der Waals surface area contributed by atoms with Crippen LogP contribution in [0.4, 0.5) is 0 Å². The summed E-state index contributed by atoms with van der Waals surface area (Å²) in [5, 5.41) is 12.9. The van der Waals surface area contributed by atoms with Crippen molar-refractivity contribution in [2.45, 2.75) is 76.3 Å². The fraction of sp³-hybridized carbons (Fsp3) is 0.895. The molecule has 5 rings (SSSR count).